The van der Waals surface area contributed by atoms with Gasteiger partial charge < -0.3 is 15.5 Å². The van der Waals surface area contributed by atoms with Gasteiger partial charge in [-0.2, -0.15) is 0 Å². The first kappa shape index (κ1) is 11.7. The van der Waals surface area contributed by atoms with E-state index in [2.05, 4.69) is 10.3 Å². The molecule has 1 aromatic rings. The molecule has 1 rings (SSSR count). The summed E-state index contributed by atoms with van der Waals surface area (Å²) in [7, 11) is 0. The molecule has 3 N–H and O–H groups in total. The second kappa shape index (κ2) is 5.50. The molecule has 5 heteroatoms. The molecule has 0 fully saturated rings. The van der Waals surface area contributed by atoms with Gasteiger partial charge in [-0.25, -0.2) is 4.98 Å². The summed E-state index contributed by atoms with van der Waals surface area (Å²) in [5.74, 6) is 1.27. The van der Waals surface area contributed by atoms with Gasteiger partial charge in [0.25, 0.3) is 0 Å². The van der Waals surface area contributed by atoms with Gasteiger partial charge in [-0.15, -0.1) is 0 Å². The molecule has 0 aliphatic rings. The molecule has 1 aromatic heterocycles. The average molecular weight is 211 g/mol. The Morgan fingerprint density at radius 3 is 2.80 bits per heavy atom. The maximum absolute atomic E-state index is 10.4. The van der Waals surface area contributed by atoms with E-state index in [1.54, 1.807) is 0 Å². The largest absolute Gasteiger partial charge is 0.444 e. The van der Waals surface area contributed by atoms with Crippen LogP contribution in [0.5, 0.6) is 0 Å². The van der Waals surface area contributed by atoms with Crippen molar-refractivity contribution in [3.63, 3.8) is 0 Å². The molecular formula is C10H17N3O2. The van der Waals surface area contributed by atoms with Crippen molar-refractivity contribution in [3.8, 4) is 0 Å². The number of aryl methyl sites for hydroxylation is 2. The third kappa shape index (κ3) is 4.12. The van der Waals surface area contributed by atoms with E-state index in [4.69, 9.17) is 10.2 Å². The van der Waals surface area contributed by atoms with E-state index < -0.39 is 0 Å². The minimum atomic E-state index is -0.264. The predicted molar refractivity (Wildman–Crippen MR) is 56.1 cm³/mol. The Morgan fingerprint density at radius 2 is 2.27 bits per heavy atom. The quantitative estimate of drug-likeness (QED) is 0.677. The van der Waals surface area contributed by atoms with Crippen LogP contribution in [-0.4, -0.2) is 17.4 Å². The van der Waals surface area contributed by atoms with Crippen LogP contribution < -0.4 is 11.1 Å². The van der Waals surface area contributed by atoms with E-state index in [-0.39, 0.29) is 5.91 Å². The zero-order valence-corrected chi connectivity index (χ0v) is 9.17. The van der Waals surface area contributed by atoms with Gasteiger partial charge in [-0.1, -0.05) is 0 Å². The van der Waals surface area contributed by atoms with Gasteiger partial charge in [-0.3, -0.25) is 4.79 Å². The molecule has 0 spiro atoms. The highest BCUT2D eigenvalue weighted by atomic mass is 16.4. The van der Waals surface area contributed by atoms with Gasteiger partial charge in [0.05, 0.1) is 12.2 Å². The van der Waals surface area contributed by atoms with E-state index in [1.807, 2.05) is 13.8 Å². The highest BCUT2D eigenvalue weighted by molar-refractivity contribution is 5.73. The third-order valence-electron chi connectivity index (χ3n) is 2.13. The number of amides is 1. The van der Waals surface area contributed by atoms with Gasteiger partial charge >= 0.3 is 0 Å². The second-order valence-electron chi connectivity index (χ2n) is 3.50. The van der Waals surface area contributed by atoms with E-state index in [0.717, 1.165) is 24.4 Å². The van der Waals surface area contributed by atoms with Crippen molar-refractivity contribution < 1.29 is 9.21 Å². The molecule has 84 valence electrons. The lowest BCUT2D eigenvalue weighted by Crippen LogP contribution is -2.18. The smallest absolute Gasteiger partial charge is 0.217 e. The van der Waals surface area contributed by atoms with Crippen molar-refractivity contribution in [1.29, 1.82) is 0 Å². The van der Waals surface area contributed by atoms with Crippen molar-refractivity contribution in [1.82, 2.24) is 10.3 Å². The lowest BCUT2D eigenvalue weighted by molar-refractivity contribution is -0.118. The molecule has 0 bridgehead atoms. The van der Waals surface area contributed by atoms with Crippen molar-refractivity contribution in [2.75, 3.05) is 6.54 Å². The summed E-state index contributed by atoms with van der Waals surface area (Å²) in [6, 6.07) is 0. The number of nitrogens with one attached hydrogen (secondary N) is 1. The van der Waals surface area contributed by atoms with Crippen LogP contribution in [0.25, 0.3) is 0 Å². The fourth-order valence-electron chi connectivity index (χ4n) is 1.20. The average Bonchev–Trinajstić information content (AvgIpc) is 2.45. The number of nitrogens with zero attached hydrogens (tertiary/aromatic N) is 1. The number of carbonyl (C=O) groups is 1. The number of rotatable bonds is 6. The number of aromatic nitrogens is 1. The van der Waals surface area contributed by atoms with Gasteiger partial charge in [0.15, 0.2) is 0 Å². The Morgan fingerprint density at radius 1 is 1.53 bits per heavy atom. The Labute approximate surface area is 89.1 Å². The number of primary amides is 1. The SMILES string of the molecule is Cc1nc(CNCCCC(N)=O)oc1C. The third-order valence-corrected chi connectivity index (χ3v) is 2.13. The molecule has 0 aliphatic carbocycles. The molecule has 1 heterocycles. The fourth-order valence-corrected chi connectivity index (χ4v) is 1.20. The molecule has 0 unspecified atom stereocenters. The Bertz CT molecular complexity index is 314. The summed E-state index contributed by atoms with van der Waals surface area (Å²) in [6.07, 6.45) is 1.16. The number of nitrogens with two attached hydrogens (primary N) is 1. The Hall–Kier alpha value is -1.36. The number of carbonyl (C=O) groups excluding carboxylic acids is 1. The summed E-state index contributed by atoms with van der Waals surface area (Å²) < 4.78 is 5.38. The standard InChI is InChI=1S/C10H17N3O2/c1-7-8(2)15-10(13-7)6-12-5-3-4-9(11)14/h12H,3-6H2,1-2H3,(H2,11,14). The summed E-state index contributed by atoms with van der Waals surface area (Å²) in [6.45, 7) is 5.13. The highest BCUT2D eigenvalue weighted by Crippen LogP contribution is 2.07. The minimum absolute atomic E-state index is 0.264. The number of oxazole rings is 1. The molecule has 0 saturated carbocycles. The zero-order chi connectivity index (χ0) is 11.3. The Kier molecular flexibility index (Phi) is 4.30. The minimum Gasteiger partial charge on any atom is -0.444 e. The van der Waals surface area contributed by atoms with Crippen LogP contribution in [0.2, 0.25) is 0 Å². The van der Waals surface area contributed by atoms with Crippen molar-refractivity contribution >= 4 is 5.91 Å². The predicted octanol–water partition coefficient (Wildman–Crippen LogP) is 0.647. The molecular weight excluding hydrogens is 194 g/mol. The molecule has 0 atom stereocenters. The molecule has 5 nitrogen and oxygen atoms in total. The fraction of sp³-hybridized carbons (Fsp3) is 0.600. The van der Waals surface area contributed by atoms with Gasteiger partial charge in [0.1, 0.15) is 5.76 Å². The monoisotopic (exact) mass is 211 g/mol. The second-order valence-corrected chi connectivity index (χ2v) is 3.50. The van der Waals surface area contributed by atoms with Crippen LogP contribution >= 0.6 is 0 Å². The normalized spacial score (nSPS) is 10.5. The van der Waals surface area contributed by atoms with Crippen molar-refractivity contribution in [3.05, 3.63) is 17.3 Å². The lowest BCUT2D eigenvalue weighted by Gasteiger charge is -1.99. The summed E-state index contributed by atoms with van der Waals surface area (Å²) in [5, 5.41) is 3.13. The lowest BCUT2D eigenvalue weighted by atomic mass is 10.3. The highest BCUT2D eigenvalue weighted by Gasteiger charge is 2.04. The Balaban J connectivity index is 2.18. The number of hydrogen-bond acceptors (Lipinski definition) is 4. The summed E-state index contributed by atoms with van der Waals surface area (Å²) >= 11 is 0. The maximum Gasteiger partial charge on any atom is 0.217 e. The van der Waals surface area contributed by atoms with Crippen LogP contribution in [0.15, 0.2) is 4.42 Å². The molecule has 0 saturated heterocycles. The van der Waals surface area contributed by atoms with E-state index in [1.165, 1.54) is 0 Å². The van der Waals surface area contributed by atoms with Gasteiger partial charge in [-0.05, 0) is 26.8 Å². The first-order chi connectivity index (χ1) is 7.09. The van der Waals surface area contributed by atoms with Gasteiger partial charge in [0.2, 0.25) is 11.8 Å². The number of hydrogen-bond donors (Lipinski definition) is 2. The van der Waals surface area contributed by atoms with E-state index >= 15 is 0 Å². The molecule has 1 amide bonds. The van der Waals surface area contributed by atoms with Crippen LogP contribution in [0.1, 0.15) is 30.2 Å². The van der Waals surface area contributed by atoms with Crippen LogP contribution in [0.4, 0.5) is 0 Å². The van der Waals surface area contributed by atoms with Crippen LogP contribution in [-0.2, 0) is 11.3 Å². The van der Waals surface area contributed by atoms with Crippen LogP contribution in [0.3, 0.4) is 0 Å². The first-order valence-electron chi connectivity index (χ1n) is 5.01. The molecule has 0 aliphatic heterocycles. The molecule has 0 aromatic carbocycles. The topological polar surface area (TPSA) is 81.1 Å². The van der Waals surface area contributed by atoms with Crippen molar-refractivity contribution in [2.24, 2.45) is 5.73 Å². The summed E-state index contributed by atoms with van der Waals surface area (Å²) in [5.41, 5.74) is 5.93. The maximum atomic E-state index is 10.4. The summed E-state index contributed by atoms with van der Waals surface area (Å²) in [4.78, 5) is 14.7. The van der Waals surface area contributed by atoms with Crippen molar-refractivity contribution in [2.45, 2.75) is 33.2 Å². The van der Waals surface area contributed by atoms with Crippen LogP contribution in [0, 0.1) is 13.8 Å². The van der Waals surface area contributed by atoms with E-state index in [9.17, 15) is 4.79 Å². The first-order valence-corrected chi connectivity index (χ1v) is 5.01. The zero-order valence-electron chi connectivity index (χ0n) is 9.17. The van der Waals surface area contributed by atoms with E-state index in [0.29, 0.717) is 18.9 Å². The molecule has 15 heavy (non-hydrogen) atoms. The van der Waals surface area contributed by atoms with Gasteiger partial charge in [0, 0.05) is 6.42 Å². The molecule has 0 radical (unpaired) electrons.